The summed E-state index contributed by atoms with van der Waals surface area (Å²) < 4.78 is 32.7. The molecule has 0 aliphatic heterocycles. The molecule has 0 saturated heterocycles. The second-order valence-corrected chi connectivity index (χ2v) is 18.0. The minimum Gasteiger partial charge on any atom is -0.391 e. The van der Waals surface area contributed by atoms with Crippen LogP contribution in [0.25, 0.3) is 0 Å². The van der Waals surface area contributed by atoms with E-state index in [0.717, 1.165) is 51.4 Å². The van der Waals surface area contributed by atoms with E-state index in [0.29, 0.717) is 19.3 Å². The standard InChI is InChI=1S/C46H91NO6S/c1-3-5-7-9-11-13-15-17-19-21-23-25-26-28-30-32-34-36-38-40-44(48)43(42-54(51,52)53)47-46(50)45(49)41-39-37-35-33-31-29-27-24-22-20-18-16-14-12-10-8-6-4-2/h22,24,43-45,48-49H,3-21,23,25-42H2,1-2H3,(H,47,50)(H,51,52,53)/b24-22-. The van der Waals surface area contributed by atoms with Gasteiger partial charge in [-0.2, -0.15) is 8.42 Å². The third kappa shape index (κ3) is 39.3. The monoisotopic (exact) mass is 786 g/mol. The summed E-state index contributed by atoms with van der Waals surface area (Å²) in [6.07, 6.45) is 46.6. The average Bonchev–Trinajstić information content (AvgIpc) is 3.14. The first kappa shape index (κ1) is 53.0. The number of hydrogen-bond donors (Lipinski definition) is 4. The predicted octanol–water partition coefficient (Wildman–Crippen LogP) is 13.1. The van der Waals surface area contributed by atoms with Crippen LogP contribution < -0.4 is 5.32 Å². The molecule has 322 valence electrons. The molecule has 0 aromatic carbocycles. The molecule has 0 aliphatic rings. The Kier molecular flexibility index (Phi) is 39.5. The summed E-state index contributed by atoms with van der Waals surface area (Å²) in [5.74, 6) is -1.45. The molecule has 54 heavy (non-hydrogen) atoms. The number of carbonyl (C=O) groups is 1. The number of aliphatic hydroxyl groups is 2. The second kappa shape index (κ2) is 40.2. The maximum Gasteiger partial charge on any atom is 0.266 e. The molecular formula is C46H91NO6S. The molecule has 0 saturated carbocycles. The Labute approximate surface area is 335 Å². The fourth-order valence-corrected chi connectivity index (χ4v) is 8.22. The topological polar surface area (TPSA) is 124 Å². The van der Waals surface area contributed by atoms with E-state index < -0.39 is 40.0 Å². The molecular weight excluding hydrogens is 695 g/mol. The van der Waals surface area contributed by atoms with Crippen LogP contribution in [0, 0.1) is 0 Å². The quantitative estimate of drug-likeness (QED) is 0.0277. The zero-order valence-electron chi connectivity index (χ0n) is 35.7. The van der Waals surface area contributed by atoms with Gasteiger partial charge in [0.15, 0.2) is 0 Å². The van der Waals surface area contributed by atoms with Crippen molar-refractivity contribution in [3.8, 4) is 0 Å². The highest BCUT2D eigenvalue weighted by Gasteiger charge is 2.28. The Morgan fingerprint density at radius 2 is 0.778 bits per heavy atom. The van der Waals surface area contributed by atoms with Crippen molar-refractivity contribution < 1.29 is 28.0 Å². The van der Waals surface area contributed by atoms with Gasteiger partial charge >= 0.3 is 0 Å². The molecule has 4 N–H and O–H groups in total. The Morgan fingerprint density at radius 1 is 0.481 bits per heavy atom. The molecule has 3 unspecified atom stereocenters. The molecule has 7 nitrogen and oxygen atoms in total. The summed E-state index contributed by atoms with van der Waals surface area (Å²) in [7, 11) is -4.41. The minimum absolute atomic E-state index is 0.293. The molecule has 0 radical (unpaired) electrons. The molecule has 0 aromatic rings. The smallest absolute Gasteiger partial charge is 0.266 e. The summed E-state index contributed by atoms with van der Waals surface area (Å²) in [6.45, 7) is 4.53. The van der Waals surface area contributed by atoms with Crippen LogP contribution in [-0.4, -0.2) is 53.1 Å². The number of rotatable bonds is 43. The van der Waals surface area contributed by atoms with Crippen LogP contribution in [0.5, 0.6) is 0 Å². The van der Waals surface area contributed by atoms with Gasteiger partial charge in [-0.25, -0.2) is 0 Å². The largest absolute Gasteiger partial charge is 0.391 e. The highest BCUT2D eigenvalue weighted by Crippen LogP contribution is 2.17. The van der Waals surface area contributed by atoms with E-state index in [-0.39, 0.29) is 0 Å². The Morgan fingerprint density at radius 3 is 1.11 bits per heavy atom. The fraction of sp³-hybridized carbons (Fsp3) is 0.935. The first-order chi connectivity index (χ1) is 26.2. The van der Waals surface area contributed by atoms with E-state index in [1.54, 1.807) is 0 Å². The highest BCUT2D eigenvalue weighted by molar-refractivity contribution is 7.85. The molecule has 0 bridgehead atoms. The maximum atomic E-state index is 12.7. The van der Waals surface area contributed by atoms with Crippen molar-refractivity contribution in [2.24, 2.45) is 0 Å². The summed E-state index contributed by atoms with van der Waals surface area (Å²) in [6, 6.07) is -1.15. The van der Waals surface area contributed by atoms with Gasteiger partial charge in [-0.15, -0.1) is 0 Å². The highest BCUT2D eigenvalue weighted by atomic mass is 32.2. The Balaban J connectivity index is 3.90. The van der Waals surface area contributed by atoms with Crippen molar-refractivity contribution in [3.05, 3.63) is 12.2 Å². The molecule has 0 aliphatic carbocycles. The Bertz CT molecular complexity index is 926. The number of allylic oxidation sites excluding steroid dienone is 2. The van der Waals surface area contributed by atoms with Gasteiger partial charge < -0.3 is 15.5 Å². The van der Waals surface area contributed by atoms with Crippen LogP contribution in [0.1, 0.15) is 251 Å². The van der Waals surface area contributed by atoms with Gasteiger partial charge in [-0.05, 0) is 38.5 Å². The number of carbonyl (C=O) groups excluding carboxylic acids is 1. The van der Waals surface area contributed by atoms with Gasteiger partial charge in [0.25, 0.3) is 10.1 Å². The lowest BCUT2D eigenvalue weighted by Gasteiger charge is -2.24. The van der Waals surface area contributed by atoms with E-state index in [1.807, 2.05) is 0 Å². The van der Waals surface area contributed by atoms with E-state index >= 15 is 0 Å². The SMILES string of the molecule is CCCCCCCCCC/C=C\CCCCCCCCC(O)C(=O)NC(CS(=O)(=O)O)C(O)CCCCCCCCCCCCCCCCCCCCC. The first-order valence-electron chi connectivity index (χ1n) is 23.5. The average molecular weight is 786 g/mol. The molecule has 0 aromatic heterocycles. The normalized spacial score (nSPS) is 13.8. The van der Waals surface area contributed by atoms with E-state index in [4.69, 9.17) is 0 Å². The fourth-order valence-electron chi connectivity index (χ4n) is 7.46. The van der Waals surface area contributed by atoms with E-state index in [2.05, 4.69) is 31.3 Å². The number of unbranched alkanes of at least 4 members (excludes halogenated alkanes) is 32. The second-order valence-electron chi connectivity index (χ2n) is 16.5. The van der Waals surface area contributed by atoms with Crippen molar-refractivity contribution in [1.82, 2.24) is 5.32 Å². The molecule has 0 rings (SSSR count). The third-order valence-electron chi connectivity index (χ3n) is 11.1. The molecule has 3 atom stereocenters. The molecule has 0 fully saturated rings. The van der Waals surface area contributed by atoms with Crippen molar-refractivity contribution in [1.29, 1.82) is 0 Å². The van der Waals surface area contributed by atoms with Gasteiger partial charge in [-0.1, -0.05) is 225 Å². The zero-order chi connectivity index (χ0) is 39.8. The third-order valence-corrected chi connectivity index (χ3v) is 11.9. The molecule has 1 amide bonds. The minimum atomic E-state index is -4.41. The van der Waals surface area contributed by atoms with Crippen molar-refractivity contribution >= 4 is 16.0 Å². The van der Waals surface area contributed by atoms with Crippen LogP contribution in [0.3, 0.4) is 0 Å². The summed E-state index contributed by atoms with van der Waals surface area (Å²) >= 11 is 0. The van der Waals surface area contributed by atoms with Crippen molar-refractivity contribution in [3.63, 3.8) is 0 Å². The lowest BCUT2D eigenvalue weighted by Crippen LogP contribution is -2.50. The van der Waals surface area contributed by atoms with Gasteiger partial charge in [0.2, 0.25) is 5.91 Å². The van der Waals surface area contributed by atoms with Crippen LogP contribution in [0.15, 0.2) is 12.2 Å². The first-order valence-corrected chi connectivity index (χ1v) is 25.1. The van der Waals surface area contributed by atoms with Gasteiger partial charge in [0.05, 0.1) is 17.9 Å². The Hall–Kier alpha value is -0.960. The van der Waals surface area contributed by atoms with Gasteiger partial charge in [-0.3, -0.25) is 9.35 Å². The van der Waals surface area contributed by atoms with Crippen molar-refractivity contribution in [2.75, 3.05) is 5.75 Å². The van der Waals surface area contributed by atoms with Gasteiger partial charge in [0.1, 0.15) is 6.10 Å². The van der Waals surface area contributed by atoms with Crippen molar-refractivity contribution in [2.45, 2.75) is 270 Å². The van der Waals surface area contributed by atoms with Crippen LogP contribution >= 0.6 is 0 Å². The maximum absolute atomic E-state index is 12.7. The number of nitrogens with one attached hydrogen (secondary N) is 1. The van der Waals surface area contributed by atoms with Crippen LogP contribution in [0.4, 0.5) is 0 Å². The van der Waals surface area contributed by atoms with Crippen LogP contribution in [-0.2, 0) is 14.9 Å². The summed E-state index contributed by atoms with van der Waals surface area (Å²) in [5, 5.41) is 23.6. The molecule has 8 heteroatoms. The number of aliphatic hydroxyl groups excluding tert-OH is 2. The number of amides is 1. The van der Waals surface area contributed by atoms with Crippen LogP contribution in [0.2, 0.25) is 0 Å². The number of hydrogen-bond acceptors (Lipinski definition) is 5. The van der Waals surface area contributed by atoms with E-state index in [9.17, 15) is 28.0 Å². The summed E-state index contributed by atoms with van der Waals surface area (Å²) in [4.78, 5) is 12.7. The lowest BCUT2D eigenvalue weighted by molar-refractivity contribution is -0.131. The zero-order valence-corrected chi connectivity index (χ0v) is 36.5. The lowest BCUT2D eigenvalue weighted by atomic mass is 10.0. The van der Waals surface area contributed by atoms with Gasteiger partial charge in [0, 0.05) is 0 Å². The molecule has 0 spiro atoms. The predicted molar refractivity (Wildman–Crippen MR) is 232 cm³/mol. The van der Waals surface area contributed by atoms with E-state index in [1.165, 1.54) is 167 Å². The summed E-state index contributed by atoms with van der Waals surface area (Å²) in [5.41, 5.74) is 0. The molecule has 0 heterocycles.